The first-order valence-electron chi connectivity index (χ1n) is 10.5. The fraction of sp³-hybridized carbons (Fsp3) is 0.522. The number of aliphatic hydroxyl groups is 3. The van der Waals surface area contributed by atoms with Gasteiger partial charge in [0.05, 0.1) is 17.8 Å². The zero-order valence-electron chi connectivity index (χ0n) is 18.5. The third kappa shape index (κ3) is 10.2. The fourth-order valence-electron chi connectivity index (χ4n) is 3.70. The van der Waals surface area contributed by atoms with Gasteiger partial charge in [0, 0.05) is 18.8 Å². The van der Waals surface area contributed by atoms with Crippen LogP contribution in [0.1, 0.15) is 37.7 Å². The number of allylic oxidation sites excluding steroid dienone is 2. The summed E-state index contributed by atoms with van der Waals surface area (Å²) in [5.41, 5.74) is -0.845. The number of unbranched alkanes of at least 4 members (excludes halogenated alkanes) is 1. The van der Waals surface area contributed by atoms with Crippen molar-refractivity contribution < 1.29 is 72.7 Å². The molecular weight excluding hydrogens is 452 g/mol. The monoisotopic (exact) mass is 481 g/mol. The van der Waals surface area contributed by atoms with Gasteiger partial charge in [-0.25, -0.2) is 0 Å². The van der Waals surface area contributed by atoms with Crippen molar-refractivity contribution in [1.29, 1.82) is 0 Å². The molecule has 1 aliphatic rings. The minimum absolute atomic E-state index is 0. The molecule has 1 aromatic carbocycles. The van der Waals surface area contributed by atoms with E-state index in [9.17, 15) is 33.3 Å². The van der Waals surface area contributed by atoms with E-state index >= 15 is 0 Å². The molecule has 0 heterocycles. The minimum atomic E-state index is -4.49. The molecule has 0 aromatic heterocycles. The number of aliphatic hydroxyl groups excluding tert-OH is 3. The summed E-state index contributed by atoms with van der Waals surface area (Å²) in [7, 11) is 0. The number of benzene rings is 1. The molecule has 1 aliphatic carbocycles. The molecule has 0 bridgehead atoms. The van der Waals surface area contributed by atoms with Gasteiger partial charge in [-0.2, -0.15) is 13.2 Å². The quantitative estimate of drug-likeness (QED) is 0.209. The van der Waals surface area contributed by atoms with Gasteiger partial charge >= 0.3 is 41.7 Å². The second kappa shape index (κ2) is 14.1. The third-order valence-electron chi connectivity index (χ3n) is 5.39. The van der Waals surface area contributed by atoms with Crippen LogP contribution in [-0.4, -0.2) is 51.3 Å². The molecule has 0 unspecified atom stereocenters. The van der Waals surface area contributed by atoms with Crippen molar-refractivity contribution in [2.24, 2.45) is 11.8 Å². The summed E-state index contributed by atoms with van der Waals surface area (Å²) in [6.45, 7) is -0.267. The molecule has 10 heteroatoms. The van der Waals surface area contributed by atoms with Gasteiger partial charge in [0.25, 0.3) is 0 Å². The maximum absolute atomic E-state index is 12.8. The Morgan fingerprint density at radius 2 is 1.94 bits per heavy atom. The maximum atomic E-state index is 12.8. The number of ether oxygens (including phenoxy) is 1. The second-order valence-electron chi connectivity index (χ2n) is 7.89. The van der Waals surface area contributed by atoms with Crippen LogP contribution in [0.25, 0.3) is 0 Å². The smallest absolute Gasteiger partial charge is 0.491 e. The van der Waals surface area contributed by atoms with Crippen LogP contribution in [0, 0.1) is 11.8 Å². The first-order valence-corrected chi connectivity index (χ1v) is 10.5. The average molecular weight is 481 g/mol. The van der Waals surface area contributed by atoms with Gasteiger partial charge in [-0.15, -0.1) is 0 Å². The van der Waals surface area contributed by atoms with Gasteiger partial charge in [-0.3, -0.25) is 4.79 Å². The van der Waals surface area contributed by atoms with E-state index < -0.39 is 41.9 Å². The molecule has 33 heavy (non-hydrogen) atoms. The Labute approximate surface area is 213 Å². The Morgan fingerprint density at radius 1 is 1.21 bits per heavy atom. The SMILES string of the molecule is O=C(O)CCC/C=C\C[C@@H]1[C@@H](/C=C/[C@@H](O)COc2cccc(C(F)(F)F)c2)[C@H](O)C[C@@H]1O.[Na+]. The molecule has 178 valence electrons. The molecule has 0 aliphatic heterocycles. The molecule has 1 fully saturated rings. The van der Waals surface area contributed by atoms with E-state index in [1.165, 1.54) is 18.2 Å². The normalized spacial score (nSPS) is 24.2. The van der Waals surface area contributed by atoms with Gasteiger partial charge < -0.3 is 25.2 Å². The van der Waals surface area contributed by atoms with Gasteiger partial charge in [0.2, 0.25) is 0 Å². The summed E-state index contributed by atoms with van der Waals surface area (Å²) < 4.78 is 43.5. The summed E-state index contributed by atoms with van der Waals surface area (Å²) in [6, 6.07) is 4.36. The Kier molecular flexibility index (Phi) is 12.7. The first-order chi connectivity index (χ1) is 15.1. The predicted octanol–water partition coefficient (Wildman–Crippen LogP) is 0.564. The van der Waals surface area contributed by atoms with Crippen molar-refractivity contribution in [2.75, 3.05) is 6.61 Å². The molecular formula is C23H29F3NaO6+. The molecule has 1 saturated carbocycles. The molecule has 0 radical (unpaired) electrons. The van der Waals surface area contributed by atoms with E-state index in [4.69, 9.17) is 9.84 Å². The predicted molar refractivity (Wildman–Crippen MR) is 111 cm³/mol. The number of carboxylic acids is 1. The van der Waals surface area contributed by atoms with Crippen molar-refractivity contribution in [2.45, 2.75) is 56.6 Å². The van der Waals surface area contributed by atoms with Gasteiger partial charge in [0.1, 0.15) is 18.5 Å². The minimum Gasteiger partial charge on any atom is -0.491 e. The van der Waals surface area contributed by atoms with Crippen LogP contribution in [0.2, 0.25) is 0 Å². The largest absolute Gasteiger partial charge is 1.00 e. The number of alkyl halides is 3. The van der Waals surface area contributed by atoms with Crippen molar-refractivity contribution in [3.8, 4) is 5.75 Å². The first kappa shape index (κ1) is 29.7. The Morgan fingerprint density at radius 3 is 2.61 bits per heavy atom. The van der Waals surface area contributed by atoms with Crippen molar-refractivity contribution >= 4 is 5.97 Å². The molecule has 0 spiro atoms. The number of hydrogen-bond acceptors (Lipinski definition) is 5. The standard InChI is InChI=1S/C23H29F3O6.Na/c24-23(25,26)15-6-5-7-17(12-15)32-14-16(27)10-11-19-18(20(28)13-21(19)29)8-3-1-2-4-9-22(30)31;/h1,3,5-7,10-12,16,18-21,27-29H,2,4,8-9,13-14H2,(H,30,31);/q;+1/b3-1-,11-10+;/t16-,18-,19-,20+,21-;/m1./s1. The van der Waals surface area contributed by atoms with E-state index in [0.717, 1.165) is 12.1 Å². The average Bonchev–Trinajstić information content (AvgIpc) is 2.99. The van der Waals surface area contributed by atoms with Crippen LogP contribution in [0.5, 0.6) is 5.75 Å². The number of aliphatic carboxylic acids is 1. The van der Waals surface area contributed by atoms with E-state index in [2.05, 4.69) is 0 Å². The summed E-state index contributed by atoms with van der Waals surface area (Å²) in [6.07, 6.45) is 1.48. The summed E-state index contributed by atoms with van der Waals surface area (Å²) >= 11 is 0. The van der Waals surface area contributed by atoms with Crippen LogP contribution in [0.15, 0.2) is 48.6 Å². The number of carboxylic acid groups (broad SMARTS) is 1. The maximum Gasteiger partial charge on any atom is 1.00 e. The summed E-state index contributed by atoms with van der Waals surface area (Å²) in [4.78, 5) is 10.5. The zero-order chi connectivity index (χ0) is 23.7. The topological polar surface area (TPSA) is 107 Å². The van der Waals surface area contributed by atoms with Gasteiger partial charge in [-0.05, 0) is 43.4 Å². The number of rotatable bonds is 11. The number of carbonyl (C=O) groups is 1. The Bertz CT molecular complexity index is 799. The molecule has 0 saturated heterocycles. The summed E-state index contributed by atoms with van der Waals surface area (Å²) in [5, 5.41) is 39.2. The Hall–Kier alpha value is -1.36. The third-order valence-corrected chi connectivity index (χ3v) is 5.39. The molecule has 5 atom stereocenters. The van der Waals surface area contributed by atoms with Crippen molar-refractivity contribution in [3.63, 3.8) is 0 Å². The summed E-state index contributed by atoms with van der Waals surface area (Å²) in [5.74, 6) is -1.55. The van der Waals surface area contributed by atoms with E-state index in [1.807, 2.05) is 12.2 Å². The second-order valence-corrected chi connectivity index (χ2v) is 7.89. The van der Waals surface area contributed by atoms with E-state index in [-0.39, 0.29) is 60.7 Å². The number of halogens is 3. The fourth-order valence-corrected chi connectivity index (χ4v) is 3.70. The van der Waals surface area contributed by atoms with E-state index in [0.29, 0.717) is 19.3 Å². The van der Waals surface area contributed by atoms with Crippen LogP contribution >= 0.6 is 0 Å². The van der Waals surface area contributed by atoms with Crippen molar-refractivity contribution in [1.82, 2.24) is 0 Å². The van der Waals surface area contributed by atoms with Crippen molar-refractivity contribution in [3.05, 3.63) is 54.1 Å². The van der Waals surface area contributed by atoms with Crippen LogP contribution in [0.4, 0.5) is 13.2 Å². The van der Waals surface area contributed by atoms with Crippen LogP contribution in [0.3, 0.4) is 0 Å². The molecule has 2 rings (SSSR count). The molecule has 4 N–H and O–H groups in total. The van der Waals surface area contributed by atoms with Gasteiger partial charge in [0.15, 0.2) is 0 Å². The zero-order valence-corrected chi connectivity index (χ0v) is 20.5. The van der Waals surface area contributed by atoms with Crippen LogP contribution < -0.4 is 34.3 Å². The van der Waals surface area contributed by atoms with E-state index in [1.54, 1.807) is 6.08 Å². The van der Waals surface area contributed by atoms with Gasteiger partial charge in [-0.1, -0.05) is 30.4 Å². The molecule has 6 nitrogen and oxygen atoms in total. The van der Waals surface area contributed by atoms with Crippen LogP contribution in [-0.2, 0) is 11.0 Å². The molecule has 0 amide bonds. The number of hydrogen-bond donors (Lipinski definition) is 4. The Balaban J connectivity index is 0.00000544. The molecule has 1 aromatic rings.